The molecule has 4 rings (SSSR count). The number of nitrogens with zero attached hydrogens (tertiary/aromatic N) is 5. The molecule has 9 heteroatoms. The summed E-state index contributed by atoms with van der Waals surface area (Å²) in [6.45, 7) is 1.94. The number of hydrogen-bond donors (Lipinski definition) is 3. The van der Waals surface area contributed by atoms with Gasteiger partial charge < -0.3 is 20.3 Å². The van der Waals surface area contributed by atoms with E-state index in [1.807, 2.05) is 61.5 Å². The molecule has 0 saturated carbocycles. The van der Waals surface area contributed by atoms with E-state index < -0.39 is 24.5 Å². The summed E-state index contributed by atoms with van der Waals surface area (Å²) in [5.41, 5.74) is 12.9. The molecule has 9 nitrogen and oxygen atoms in total. The van der Waals surface area contributed by atoms with Gasteiger partial charge in [-0.2, -0.15) is 5.10 Å². The second-order valence-electron chi connectivity index (χ2n) is 7.19. The van der Waals surface area contributed by atoms with Crippen molar-refractivity contribution in [3.63, 3.8) is 0 Å². The average molecular weight is 406 g/mol. The van der Waals surface area contributed by atoms with Crippen molar-refractivity contribution in [2.75, 3.05) is 11.9 Å². The van der Waals surface area contributed by atoms with Gasteiger partial charge in [0, 0.05) is 16.2 Å². The maximum atomic E-state index is 10.5. The van der Waals surface area contributed by atoms with Crippen LogP contribution in [0.15, 0.2) is 65.9 Å². The standard InChI is InChI=1S/C21H22N6O3/c1-13-7-9-14(10-8-13)18-16(24-15-5-3-2-4-6-15)12-27(25-18)21-20(29)19(28)17(30-21)11-23-26-22/h2-10,12,17,19-21,24,28-29H,11H2,1H3/t17-,19-,20-,21-/m1/s1. The van der Waals surface area contributed by atoms with Crippen LogP contribution in [0.25, 0.3) is 21.7 Å². The van der Waals surface area contributed by atoms with E-state index in [9.17, 15) is 10.2 Å². The molecule has 1 aromatic heterocycles. The first-order valence-electron chi connectivity index (χ1n) is 9.57. The van der Waals surface area contributed by atoms with E-state index >= 15 is 0 Å². The van der Waals surface area contributed by atoms with Gasteiger partial charge in [0.2, 0.25) is 0 Å². The molecule has 0 bridgehead atoms. The summed E-state index contributed by atoms with van der Waals surface area (Å²) in [6, 6.07) is 17.6. The predicted octanol–water partition coefficient (Wildman–Crippen LogP) is 3.53. The fourth-order valence-corrected chi connectivity index (χ4v) is 3.43. The van der Waals surface area contributed by atoms with Crippen LogP contribution in [-0.4, -0.2) is 44.9 Å². The number of aliphatic hydroxyl groups excluding tert-OH is 2. The van der Waals surface area contributed by atoms with Crippen LogP contribution >= 0.6 is 0 Å². The Labute approximate surface area is 173 Å². The molecule has 2 heterocycles. The smallest absolute Gasteiger partial charge is 0.179 e. The predicted molar refractivity (Wildman–Crippen MR) is 112 cm³/mol. The molecule has 1 aliphatic rings. The van der Waals surface area contributed by atoms with E-state index in [0.717, 1.165) is 22.5 Å². The number of para-hydroxylation sites is 1. The Hall–Kier alpha value is -3.36. The molecule has 0 aliphatic carbocycles. The van der Waals surface area contributed by atoms with Gasteiger partial charge in [0.1, 0.15) is 17.9 Å². The van der Waals surface area contributed by atoms with Crippen LogP contribution < -0.4 is 5.32 Å². The van der Waals surface area contributed by atoms with Gasteiger partial charge >= 0.3 is 0 Å². The molecule has 0 unspecified atom stereocenters. The monoisotopic (exact) mass is 406 g/mol. The van der Waals surface area contributed by atoms with Crippen LogP contribution in [0.2, 0.25) is 0 Å². The molecule has 1 saturated heterocycles. The van der Waals surface area contributed by atoms with Crippen LogP contribution in [0.1, 0.15) is 11.8 Å². The number of aromatic nitrogens is 2. The SMILES string of the molecule is Cc1ccc(-c2nn([C@@H]3O[C@H](CN=[N+]=[N-])[C@@H](O)[C@H]3O)cc2Nc2ccccc2)cc1. The highest BCUT2D eigenvalue weighted by molar-refractivity contribution is 5.77. The molecule has 0 amide bonds. The number of anilines is 2. The first-order valence-corrected chi connectivity index (χ1v) is 9.57. The van der Waals surface area contributed by atoms with Gasteiger partial charge in [-0.05, 0) is 24.6 Å². The summed E-state index contributed by atoms with van der Waals surface area (Å²) < 4.78 is 7.25. The molecule has 1 fully saturated rings. The summed E-state index contributed by atoms with van der Waals surface area (Å²) in [5.74, 6) is 0. The van der Waals surface area contributed by atoms with Gasteiger partial charge in [-0.3, -0.25) is 0 Å². The molecular weight excluding hydrogens is 384 g/mol. The Morgan fingerprint density at radius 2 is 1.87 bits per heavy atom. The topological polar surface area (TPSA) is 128 Å². The number of ether oxygens (including phenoxy) is 1. The highest BCUT2D eigenvalue weighted by atomic mass is 16.6. The molecule has 1 aliphatic heterocycles. The molecule has 0 radical (unpaired) electrons. The normalized spacial score (nSPS) is 23.2. The Kier molecular flexibility index (Phi) is 5.69. The molecular formula is C21H22N6O3. The van der Waals surface area contributed by atoms with Gasteiger partial charge in [-0.25, -0.2) is 4.68 Å². The minimum atomic E-state index is -1.21. The second kappa shape index (κ2) is 8.56. The molecule has 0 spiro atoms. The molecule has 3 N–H and O–H groups in total. The van der Waals surface area contributed by atoms with E-state index in [2.05, 4.69) is 20.4 Å². The molecule has 2 aromatic carbocycles. The number of aliphatic hydroxyl groups is 2. The number of nitrogens with one attached hydrogen (secondary N) is 1. The Morgan fingerprint density at radius 1 is 1.13 bits per heavy atom. The molecule has 3 aromatic rings. The fraction of sp³-hybridized carbons (Fsp3) is 0.286. The first kappa shape index (κ1) is 19.9. The van der Waals surface area contributed by atoms with E-state index in [1.54, 1.807) is 6.20 Å². The largest absolute Gasteiger partial charge is 0.388 e. The highest BCUT2D eigenvalue weighted by Gasteiger charge is 2.44. The number of benzene rings is 2. The van der Waals surface area contributed by atoms with Crippen LogP contribution in [-0.2, 0) is 4.74 Å². The van der Waals surface area contributed by atoms with E-state index in [1.165, 1.54) is 4.68 Å². The number of hydrogen-bond acceptors (Lipinski definition) is 6. The van der Waals surface area contributed by atoms with Gasteiger partial charge in [0.05, 0.1) is 24.5 Å². The minimum absolute atomic E-state index is 0.0769. The lowest BCUT2D eigenvalue weighted by Crippen LogP contribution is -2.32. The lowest BCUT2D eigenvalue weighted by Gasteiger charge is -2.14. The van der Waals surface area contributed by atoms with Crippen molar-refractivity contribution in [3.05, 3.63) is 76.8 Å². The lowest BCUT2D eigenvalue weighted by molar-refractivity contribution is -0.0415. The van der Waals surface area contributed by atoms with Crippen molar-refractivity contribution < 1.29 is 14.9 Å². The minimum Gasteiger partial charge on any atom is -0.388 e. The van der Waals surface area contributed by atoms with Gasteiger partial charge in [0.25, 0.3) is 0 Å². The maximum absolute atomic E-state index is 10.5. The third-order valence-electron chi connectivity index (χ3n) is 5.03. The van der Waals surface area contributed by atoms with Crippen LogP contribution in [0, 0.1) is 6.92 Å². The summed E-state index contributed by atoms with van der Waals surface area (Å²) in [6.07, 6.45) is -2.37. The van der Waals surface area contributed by atoms with Crippen molar-refractivity contribution in [3.8, 4) is 11.3 Å². The zero-order chi connectivity index (χ0) is 21.1. The number of azide groups is 1. The van der Waals surface area contributed by atoms with E-state index in [0.29, 0.717) is 5.69 Å². The lowest BCUT2D eigenvalue weighted by atomic mass is 10.1. The average Bonchev–Trinajstić information content (AvgIpc) is 3.29. The Balaban J connectivity index is 1.69. The van der Waals surface area contributed by atoms with Crippen molar-refractivity contribution >= 4 is 11.4 Å². The maximum Gasteiger partial charge on any atom is 0.179 e. The summed E-state index contributed by atoms with van der Waals surface area (Å²) in [5, 5.41) is 32.2. The van der Waals surface area contributed by atoms with Gasteiger partial charge in [-0.15, -0.1) is 0 Å². The van der Waals surface area contributed by atoms with E-state index in [4.69, 9.17) is 10.3 Å². The first-order chi connectivity index (χ1) is 14.6. The van der Waals surface area contributed by atoms with Crippen molar-refractivity contribution in [1.82, 2.24) is 9.78 Å². The van der Waals surface area contributed by atoms with Crippen LogP contribution in [0.3, 0.4) is 0 Å². The zero-order valence-corrected chi connectivity index (χ0v) is 16.3. The summed E-state index contributed by atoms with van der Waals surface area (Å²) in [7, 11) is 0. The zero-order valence-electron chi connectivity index (χ0n) is 16.3. The molecule has 154 valence electrons. The Morgan fingerprint density at radius 3 is 2.57 bits per heavy atom. The summed E-state index contributed by atoms with van der Waals surface area (Å²) in [4.78, 5) is 2.69. The van der Waals surface area contributed by atoms with E-state index in [-0.39, 0.29) is 6.54 Å². The fourth-order valence-electron chi connectivity index (χ4n) is 3.43. The van der Waals surface area contributed by atoms with Gasteiger partial charge in [-0.1, -0.05) is 53.1 Å². The third-order valence-corrected chi connectivity index (χ3v) is 5.03. The van der Waals surface area contributed by atoms with Gasteiger partial charge in [0.15, 0.2) is 6.23 Å². The Bertz CT molecular complexity index is 1050. The van der Waals surface area contributed by atoms with Crippen molar-refractivity contribution in [2.24, 2.45) is 5.11 Å². The molecule has 30 heavy (non-hydrogen) atoms. The number of aryl methyl sites for hydroxylation is 1. The summed E-state index contributed by atoms with van der Waals surface area (Å²) >= 11 is 0. The van der Waals surface area contributed by atoms with Crippen molar-refractivity contribution in [1.29, 1.82) is 0 Å². The quantitative estimate of drug-likeness (QED) is 0.328. The van der Waals surface area contributed by atoms with Crippen LogP contribution in [0.4, 0.5) is 11.4 Å². The number of rotatable bonds is 6. The third kappa shape index (κ3) is 4.00. The highest BCUT2D eigenvalue weighted by Crippen LogP contribution is 2.35. The van der Waals surface area contributed by atoms with Crippen molar-refractivity contribution in [2.45, 2.75) is 31.5 Å². The van der Waals surface area contributed by atoms with Crippen LogP contribution in [0.5, 0.6) is 0 Å². The second-order valence-corrected chi connectivity index (χ2v) is 7.19. The molecule has 4 atom stereocenters.